The maximum atomic E-state index is 11.5. The first-order valence-corrected chi connectivity index (χ1v) is 7.38. The van der Waals surface area contributed by atoms with Gasteiger partial charge in [0, 0.05) is 23.0 Å². The van der Waals surface area contributed by atoms with E-state index in [1.807, 2.05) is 41.3 Å². The molecule has 3 rings (SSSR count). The third-order valence-corrected chi connectivity index (χ3v) is 3.89. The first-order valence-electron chi connectivity index (χ1n) is 6.59. The second-order valence-electron chi connectivity index (χ2n) is 4.85. The molecule has 0 saturated carbocycles. The molecule has 0 aliphatic carbocycles. The van der Waals surface area contributed by atoms with E-state index >= 15 is 0 Å². The molecule has 1 aromatic heterocycles. The summed E-state index contributed by atoms with van der Waals surface area (Å²) in [5.74, 6) is 1.05. The molecule has 1 aromatic carbocycles. The number of piperidine rings is 1. The molecule has 1 fully saturated rings. The average Bonchev–Trinajstić information content (AvgIpc) is 2.48. The van der Waals surface area contributed by atoms with E-state index in [-0.39, 0.29) is 5.78 Å². The fraction of sp³-hybridized carbons (Fsp3) is 0.267. The van der Waals surface area contributed by atoms with Crippen LogP contribution >= 0.6 is 15.9 Å². The molecule has 2 heterocycles. The summed E-state index contributed by atoms with van der Waals surface area (Å²) < 4.78 is 1.04. The maximum Gasteiger partial charge on any atom is 0.152 e. The van der Waals surface area contributed by atoms with Gasteiger partial charge in [-0.1, -0.05) is 28.1 Å². The van der Waals surface area contributed by atoms with E-state index < -0.39 is 0 Å². The van der Waals surface area contributed by atoms with Crippen LogP contribution in [0.3, 0.4) is 0 Å². The predicted molar refractivity (Wildman–Crippen MR) is 81.6 cm³/mol. The van der Waals surface area contributed by atoms with Gasteiger partial charge in [0.05, 0.1) is 12.2 Å². The normalized spacial score (nSPS) is 15.4. The van der Waals surface area contributed by atoms with Gasteiger partial charge in [-0.2, -0.15) is 0 Å². The van der Waals surface area contributed by atoms with E-state index in [0.717, 1.165) is 34.5 Å². The highest BCUT2D eigenvalue weighted by Crippen LogP contribution is 2.21. The molecule has 20 heavy (non-hydrogen) atoms. The third-order valence-electron chi connectivity index (χ3n) is 3.37. The number of ketones is 1. The number of carbonyl (C=O) groups is 1. The monoisotopic (exact) mass is 331 g/mol. The molecule has 1 aliphatic rings. The summed E-state index contributed by atoms with van der Waals surface area (Å²) in [6.07, 6.45) is 1.58. The van der Waals surface area contributed by atoms with E-state index in [1.165, 1.54) is 0 Å². The summed E-state index contributed by atoms with van der Waals surface area (Å²) in [4.78, 5) is 13.5. The van der Waals surface area contributed by atoms with Crippen molar-refractivity contribution >= 4 is 27.5 Å². The molecule has 0 radical (unpaired) electrons. The second kappa shape index (κ2) is 5.71. The molecule has 0 N–H and O–H groups in total. The highest BCUT2D eigenvalue weighted by molar-refractivity contribution is 9.10. The van der Waals surface area contributed by atoms with E-state index in [9.17, 15) is 4.79 Å². The standard InChI is InChI=1S/C15H14BrN3O/c16-12-5-3-11(4-6-12)14-7-8-15(18-17-14)19-9-1-2-13(20)10-19/h3-8H,1-2,9-10H2. The number of aromatic nitrogens is 2. The van der Waals surface area contributed by atoms with Crippen LogP contribution in [0.1, 0.15) is 12.8 Å². The van der Waals surface area contributed by atoms with Crippen LogP contribution in [0.4, 0.5) is 5.82 Å². The number of rotatable bonds is 2. The molecule has 2 aromatic rings. The molecule has 0 amide bonds. The van der Waals surface area contributed by atoms with Crippen molar-refractivity contribution in [1.29, 1.82) is 0 Å². The van der Waals surface area contributed by atoms with Gasteiger partial charge in [0.15, 0.2) is 11.6 Å². The molecule has 0 spiro atoms. The van der Waals surface area contributed by atoms with E-state index in [4.69, 9.17) is 0 Å². The minimum atomic E-state index is 0.273. The third kappa shape index (κ3) is 2.88. The molecular weight excluding hydrogens is 318 g/mol. The van der Waals surface area contributed by atoms with Crippen molar-refractivity contribution in [1.82, 2.24) is 10.2 Å². The van der Waals surface area contributed by atoms with E-state index in [2.05, 4.69) is 26.1 Å². The van der Waals surface area contributed by atoms with E-state index in [0.29, 0.717) is 13.0 Å². The Balaban J connectivity index is 1.80. The van der Waals surface area contributed by atoms with Crippen molar-refractivity contribution in [2.75, 3.05) is 18.0 Å². The molecule has 102 valence electrons. The van der Waals surface area contributed by atoms with Crippen molar-refractivity contribution < 1.29 is 4.79 Å². The second-order valence-corrected chi connectivity index (χ2v) is 5.76. The summed E-state index contributed by atoms with van der Waals surface area (Å²) in [6, 6.07) is 11.8. The van der Waals surface area contributed by atoms with Crippen LogP contribution in [0, 0.1) is 0 Å². The molecule has 0 bridgehead atoms. The number of halogens is 1. The average molecular weight is 332 g/mol. The number of carbonyl (C=O) groups excluding carboxylic acids is 1. The quantitative estimate of drug-likeness (QED) is 0.848. The lowest BCUT2D eigenvalue weighted by Gasteiger charge is -2.26. The number of hydrogen-bond acceptors (Lipinski definition) is 4. The first kappa shape index (κ1) is 13.2. The van der Waals surface area contributed by atoms with Gasteiger partial charge < -0.3 is 4.90 Å². The molecular formula is C15H14BrN3O. The van der Waals surface area contributed by atoms with Crippen molar-refractivity contribution in [3.8, 4) is 11.3 Å². The zero-order valence-corrected chi connectivity index (χ0v) is 12.5. The van der Waals surface area contributed by atoms with Gasteiger partial charge in [-0.15, -0.1) is 10.2 Å². The van der Waals surface area contributed by atoms with Crippen molar-refractivity contribution in [3.05, 3.63) is 40.9 Å². The van der Waals surface area contributed by atoms with Gasteiger partial charge in [-0.05, 0) is 30.7 Å². The Labute approximate surface area is 126 Å². The van der Waals surface area contributed by atoms with E-state index in [1.54, 1.807) is 0 Å². The summed E-state index contributed by atoms with van der Waals surface area (Å²) in [5, 5.41) is 8.51. The number of nitrogens with zero attached hydrogens (tertiary/aromatic N) is 3. The Kier molecular flexibility index (Phi) is 3.78. The predicted octanol–water partition coefficient (Wildman–Crippen LogP) is 3.08. The zero-order valence-electron chi connectivity index (χ0n) is 10.9. The highest BCUT2D eigenvalue weighted by atomic mass is 79.9. The zero-order chi connectivity index (χ0) is 13.9. The number of Topliss-reactive ketones (excluding diaryl/α,β-unsaturated/α-hetero) is 1. The van der Waals surface area contributed by atoms with Crippen LogP contribution < -0.4 is 4.90 Å². The smallest absolute Gasteiger partial charge is 0.152 e. The van der Waals surface area contributed by atoms with Crippen LogP contribution in [0.5, 0.6) is 0 Å². The van der Waals surface area contributed by atoms with Crippen LogP contribution in [0.2, 0.25) is 0 Å². The lowest BCUT2D eigenvalue weighted by molar-refractivity contribution is -0.118. The van der Waals surface area contributed by atoms with Gasteiger partial charge in [-0.3, -0.25) is 4.79 Å². The maximum absolute atomic E-state index is 11.5. The Morgan fingerprint density at radius 2 is 1.85 bits per heavy atom. The van der Waals surface area contributed by atoms with Crippen LogP contribution in [-0.2, 0) is 4.79 Å². The number of anilines is 1. The Morgan fingerprint density at radius 1 is 1.05 bits per heavy atom. The Morgan fingerprint density at radius 3 is 2.50 bits per heavy atom. The molecule has 4 nitrogen and oxygen atoms in total. The topological polar surface area (TPSA) is 46.1 Å². The van der Waals surface area contributed by atoms with Gasteiger partial charge in [-0.25, -0.2) is 0 Å². The van der Waals surface area contributed by atoms with Crippen molar-refractivity contribution in [2.24, 2.45) is 0 Å². The Hall–Kier alpha value is -1.75. The van der Waals surface area contributed by atoms with Crippen LogP contribution in [-0.4, -0.2) is 29.1 Å². The largest absolute Gasteiger partial charge is 0.348 e. The SMILES string of the molecule is O=C1CCCN(c2ccc(-c3ccc(Br)cc3)nn2)C1. The molecule has 0 atom stereocenters. The fourth-order valence-corrected chi connectivity index (χ4v) is 2.57. The molecule has 5 heteroatoms. The van der Waals surface area contributed by atoms with Gasteiger partial charge >= 0.3 is 0 Å². The van der Waals surface area contributed by atoms with Crippen molar-refractivity contribution in [2.45, 2.75) is 12.8 Å². The fourth-order valence-electron chi connectivity index (χ4n) is 2.30. The summed E-state index contributed by atoms with van der Waals surface area (Å²) in [7, 11) is 0. The van der Waals surface area contributed by atoms with Gasteiger partial charge in [0.2, 0.25) is 0 Å². The summed E-state index contributed by atoms with van der Waals surface area (Å²) >= 11 is 3.41. The summed E-state index contributed by atoms with van der Waals surface area (Å²) in [5.41, 5.74) is 1.87. The van der Waals surface area contributed by atoms with Gasteiger partial charge in [0.1, 0.15) is 0 Å². The summed E-state index contributed by atoms with van der Waals surface area (Å²) in [6.45, 7) is 1.32. The minimum absolute atomic E-state index is 0.273. The Bertz CT molecular complexity index is 610. The van der Waals surface area contributed by atoms with Crippen LogP contribution in [0.15, 0.2) is 40.9 Å². The molecule has 1 aliphatic heterocycles. The molecule has 1 saturated heterocycles. The lowest BCUT2D eigenvalue weighted by atomic mass is 10.1. The lowest BCUT2D eigenvalue weighted by Crippen LogP contribution is -2.36. The minimum Gasteiger partial charge on any atom is -0.348 e. The van der Waals surface area contributed by atoms with Crippen LogP contribution in [0.25, 0.3) is 11.3 Å². The van der Waals surface area contributed by atoms with Gasteiger partial charge in [0.25, 0.3) is 0 Å². The number of benzene rings is 1. The first-order chi connectivity index (χ1) is 9.72. The number of hydrogen-bond donors (Lipinski definition) is 0. The van der Waals surface area contributed by atoms with Crippen molar-refractivity contribution in [3.63, 3.8) is 0 Å². The molecule has 0 unspecified atom stereocenters. The highest BCUT2D eigenvalue weighted by Gasteiger charge is 2.18.